The third kappa shape index (κ3) is 5.96. The Morgan fingerprint density at radius 3 is 2.46 bits per heavy atom. The van der Waals surface area contributed by atoms with E-state index in [0.717, 1.165) is 10.9 Å². The monoisotopic (exact) mass is 556 g/mol. The van der Waals surface area contributed by atoms with Crippen molar-refractivity contribution in [3.8, 4) is 11.5 Å². The Hall–Kier alpha value is -4.99. The number of H-pyrrole nitrogens is 1. The van der Waals surface area contributed by atoms with Gasteiger partial charge >= 0.3 is 6.09 Å². The van der Waals surface area contributed by atoms with E-state index in [0.29, 0.717) is 52.2 Å². The predicted octanol–water partition coefficient (Wildman–Crippen LogP) is 5.07. The van der Waals surface area contributed by atoms with Crippen LogP contribution in [0.25, 0.3) is 10.8 Å². The van der Waals surface area contributed by atoms with Gasteiger partial charge in [-0.25, -0.2) is 4.79 Å². The van der Waals surface area contributed by atoms with E-state index >= 15 is 0 Å². The summed E-state index contributed by atoms with van der Waals surface area (Å²) in [5, 5.41) is 10.5. The molecular formula is C31H32N4O6. The summed E-state index contributed by atoms with van der Waals surface area (Å²) in [5.74, 6) is 0.685. The average Bonchev–Trinajstić information content (AvgIpc) is 2.98. The normalized spacial score (nSPS) is 17.3. The van der Waals surface area contributed by atoms with Crippen LogP contribution in [-0.4, -0.2) is 37.8 Å². The highest BCUT2D eigenvalue weighted by molar-refractivity contribution is 5.89. The smallest absolute Gasteiger partial charge is 0.411 e. The third-order valence-corrected chi connectivity index (χ3v) is 7.16. The molecule has 0 saturated carbocycles. The lowest BCUT2D eigenvalue weighted by Gasteiger charge is -2.26. The summed E-state index contributed by atoms with van der Waals surface area (Å²) >= 11 is 0. The van der Waals surface area contributed by atoms with Crippen molar-refractivity contribution in [3.05, 3.63) is 93.9 Å². The van der Waals surface area contributed by atoms with Crippen molar-refractivity contribution in [1.29, 1.82) is 0 Å². The maximum atomic E-state index is 14.0. The molecule has 212 valence electrons. The minimum Gasteiger partial charge on any atom is -0.496 e. The van der Waals surface area contributed by atoms with Gasteiger partial charge in [-0.05, 0) is 65.4 Å². The van der Waals surface area contributed by atoms with Crippen LogP contribution in [0.1, 0.15) is 42.1 Å². The van der Waals surface area contributed by atoms with Gasteiger partial charge in [0.1, 0.15) is 17.5 Å². The zero-order valence-corrected chi connectivity index (χ0v) is 23.1. The fourth-order valence-electron chi connectivity index (χ4n) is 5.07. The van der Waals surface area contributed by atoms with Gasteiger partial charge in [0.2, 0.25) is 5.91 Å². The van der Waals surface area contributed by atoms with Gasteiger partial charge in [0.05, 0.1) is 26.9 Å². The molecule has 1 aromatic heterocycles. The first-order chi connectivity index (χ1) is 19.9. The number of anilines is 2. The van der Waals surface area contributed by atoms with Crippen molar-refractivity contribution in [1.82, 2.24) is 10.3 Å². The second-order valence-electron chi connectivity index (χ2n) is 9.70. The summed E-state index contributed by atoms with van der Waals surface area (Å²) in [6.45, 7) is 2.06. The molecular weight excluding hydrogens is 524 g/mol. The lowest BCUT2D eigenvalue weighted by Crippen LogP contribution is -2.36. The number of ether oxygens (including phenoxy) is 3. The van der Waals surface area contributed by atoms with Gasteiger partial charge in [0, 0.05) is 34.9 Å². The SMILES string of the molecule is CCC1NC(=O)[C@H](Nc2ccc3cc[nH]c(=O)c3c2)c2cc(OC)c(c(OC)c2)CCOC(=O)Nc2cccc1c2. The van der Waals surface area contributed by atoms with E-state index in [4.69, 9.17) is 14.2 Å². The topological polar surface area (TPSA) is 131 Å². The van der Waals surface area contributed by atoms with Gasteiger partial charge in [0.25, 0.3) is 5.56 Å². The van der Waals surface area contributed by atoms with Crippen LogP contribution in [0.15, 0.2) is 71.7 Å². The van der Waals surface area contributed by atoms with Crippen molar-refractivity contribution in [3.63, 3.8) is 0 Å². The van der Waals surface area contributed by atoms with Gasteiger partial charge in [0.15, 0.2) is 0 Å². The molecule has 4 N–H and O–H groups in total. The first-order valence-corrected chi connectivity index (χ1v) is 13.4. The van der Waals surface area contributed by atoms with E-state index in [1.165, 1.54) is 14.2 Å². The molecule has 41 heavy (non-hydrogen) atoms. The maximum Gasteiger partial charge on any atom is 0.411 e. The molecule has 10 nitrogen and oxygen atoms in total. The minimum absolute atomic E-state index is 0.0863. The molecule has 0 fully saturated rings. The Kier molecular flexibility index (Phi) is 8.09. The molecule has 0 saturated heterocycles. The number of benzene rings is 3. The zero-order chi connectivity index (χ0) is 28.9. The molecule has 2 aliphatic heterocycles. The van der Waals surface area contributed by atoms with Gasteiger partial charge in [-0.3, -0.25) is 14.9 Å². The molecule has 6 rings (SSSR count). The summed E-state index contributed by atoms with van der Waals surface area (Å²) in [5.41, 5.74) is 3.05. The van der Waals surface area contributed by atoms with Crippen LogP contribution in [0.2, 0.25) is 0 Å². The predicted molar refractivity (Wildman–Crippen MR) is 157 cm³/mol. The maximum absolute atomic E-state index is 14.0. The van der Waals surface area contributed by atoms with Crippen LogP contribution in [0, 0.1) is 0 Å². The number of nitrogens with one attached hydrogen (secondary N) is 4. The third-order valence-electron chi connectivity index (χ3n) is 7.16. The van der Waals surface area contributed by atoms with Crippen molar-refractivity contribution in [2.24, 2.45) is 0 Å². The van der Waals surface area contributed by atoms with Gasteiger partial charge in [-0.1, -0.05) is 25.1 Å². The minimum atomic E-state index is -0.867. The van der Waals surface area contributed by atoms with E-state index in [1.54, 1.807) is 30.5 Å². The molecule has 1 unspecified atom stereocenters. The van der Waals surface area contributed by atoms with E-state index in [1.807, 2.05) is 43.3 Å². The quantitative estimate of drug-likeness (QED) is 0.270. The number of fused-ring (bicyclic) bond motifs is 10. The fourth-order valence-corrected chi connectivity index (χ4v) is 5.07. The molecule has 3 heterocycles. The number of carbonyl (C=O) groups is 2. The summed E-state index contributed by atoms with van der Waals surface area (Å²) in [6, 6.07) is 16.8. The van der Waals surface area contributed by atoms with E-state index in [2.05, 4.69) is 20.9 Å². The number of aromatic amines is 1. The Balaban J connectivity index is 1.62. The van der Waals surface area contributed by atoms with Gasteiger partial charge in [-0.2, -0.15) is 0 Å². The molecule has 3 aromatic carbocycles. The average molecular weight is 557 g/mol. The Bertz CT molecular complexity index is 1620. The summed E-state index contributed by atoms with van der Waals surface area (Å²) in [4.78, 5) is 41.7. The number of aromatic nitrogens is 1. The first kappa shape index (κ1) is 27.6. The number of methoxy groups -OCH3 is 2. The summed E-state index contributed by atoms with van der Waals surface area (Å²) in [6.07, 6.45) is 1.95. The highest BCUT2D eigenvalue weighted by atomic mass is 16.5. The van der Waals surface area contributed by atoms with Crippen LogP contribution in [0.3, 0.4) is 0 Å². The second kappa shape index (κ2) is 12.0. The molecule has 0 radical (unpaired) electrons. The number of carbonyl (C=O) groups excluding carboxylic acids is 2. The van der Waals surface area contributed by atoms with Crippen LogP contribution in [0.5, 0.6) is 11.5 Å². The lowest BCUT2D eigenvalue weighted by molar-refractivity contribution is -0.122. The van der Waals surface area contributed by atoms with Crippen molar-refractivity contribution in [2.75, 3.05) is 31.5 Å². The number of hydrogen-bond acceptors (Lipinski definition) is 7. The van der Waals surface area contributed by atoms with Crippen molar-refractivity contribution in [2.45, 2.75) is 31.8 Å². The molecule has 4 bridgehead atoms. The molecule has 2 amide bonds. The molecule has 4 aromatic rings. The first-order valence-electron chi connectivity index (χ1n) is 13.4. The largest absolute Gasteiger partial charge is 0.496 e. The highest BCUT2D eigenvalue weighted by Gasteiger charge is 2.27. The number of pyridine rings is 1. The standard InChI is InChI=1S/C31H32N4O6/c1-4-25-19-6-5-7-21(14-19)34-31(38)41-13-11-23-26(39-2)15-20(16-27(23)40-3)28(30(37)35-25)33-22-9-8-18-10-12-32-29(36)24(18)17-22/h5-10,12,14-17,25,28,33H,4,11,13H2,1-3H3,(H,32,36)(H,34,38)(H,35,37)/t25?,28-/m1/s1. The number of rotatable bonds is 5. The van der Waals surface area contributed by atoms with E-state index in [-0.39, 0.29) is 24.1 Å². The Morgan fingerprint density at radius 2 is 1.73 bits per heavy atom. The van der Waals surface area contributed by atoms with Gasteiger partial charge < -0.3 is 29.8 Å². The van der Waals surface area contributed by atoms with Crippen molar-refractivity contribution < 1.29 is 23.8 Å². The fraction of sp³-hybridized carbons (Fsp3) is 0.258. The molecule has 10 heteroatoms. The summed E-state index contributed by atoms with van der Waals surface area (Å²) in [7, 11) is 3.07. The van der Waals surface area contributed by atoms with E-state index in [9.17, 15) is 14.4 Å². The zero-order valence-electron chi connectivity index (χ0n) is 23.1. The highest BCUT2D eigenvalue weighted by Crippen LogP contribution is 2.35. The molecule has 0 spiro atoms. The van der Waals surface area contributed by atoms with Crippen LogP contribution in [0.4, 0.5) is 16.2 Å². The van der Waals surface area contributed by atoms with Crippen LogP contribution >= 0.6 is 0 Å². The lowest BCUT2D eigenvalue weighted by atomic mass is 9.98. The van der Waals surface area contributed by atoms with Crippen LogP contribution in [-0.2, 0) is 16.0 Å². The molecule has 0 aliphatic carbocycles. The molecule has 2 atom stereocenters. The Labute approximate surface area is 237 Å². The Morgan fingerprint density at radius 1 is 0.951 bits per heavy atom. The van der Waals surface area contributed by atoms with Crippen molar-refractivity contribution >= 4 is 34.1 Å². The number of amides is 2. The second-order valence-corrected chi connectivity index (χ2v) is 9.70. The summed E-state index contributed by atoms with van der Waals surface area (Å²) < 4.78 is 16.8. The van der Waals surface area contributed by atoms with Gasteiger partial charge in [-0.15, -0.1) is 0 Å². The molecule has 2 aliphatic rings. The van der Waals surface area contributed by atoms with E-state index < -0.39 is 12.1 Å². The van der Waals surface area contributed by atoms with Crippen LogP contribution < -0.4 is 31.0 Å². The number of hydrogen-bond donors (Lipinski definition) is 4.